The average Bonchev–Trinajstić information content (AvgIpc) is 2.78. The van der Waals surface area contributed by atoms with E-state index < -0.39 is 0 Å². The number of thioether (sulfide) groups is 1. The fourth-order valence-electron chi connectivity index (χ4n) is 1.70. The smallest absolute Gasteiger partial charge is 0.343 e. The highest BCUT2D eigenvalue weighted by molar-refractivity contribution is 7.98. The Labute approximate surface area is 120 Å². The number of esters is 1. The van der Waals surface area contributed by atoms with Crippen molar-refractivity contribution in [3.8, 4) is 0 Å². The van der Waals surface area contributed by atoms with Crippen LogP contribution in [0.15, 0.2) is 34.2 Å². The Morgan fingerprint density at radius 1 is 1.40 bits per heavy atom. The average molecular weight is 293 g/mol. The van der Waals surface area contributed by atoms with E-state index in [0.29, 0.717) is 10.9 Å². The van der Waals surface area contributed by atoms with Crippen LogP contribution in [0, 0.1) is 0 Å². The van der Waals surface area contributed by atoms with Crippen LogP contribution in [0.2, 0.25) is 0 Å². The van der Waals surface area contributed by atoms with Gasteiger partial charge >= 0.3 is 11.7 Å². The minimum atomic E-state index is -0.269. The van der Waals surface area contributed by atoms with Crippen molar-refractivity contribution in [1.82, 2.24) is 14.8 Å². The monoisotopic (exact) mass is 293 g/mol. The Hall–Kier alpha value is -2.02. The molecule has 1 aromatic carbocycles. The molecule has 0 aliphatic carbocycles. The van der Waals surface area contributed by atoms with Crippen molar-refractivity contribution in [2.24, 2.45) is 7.05 Å². The van der Waals surface area contributed by atoms with Crippen LogP contribution in [0.25, 0.3) is 0 Å². The summed E-state index contributed by atoms with van der Waals surface area (Å²) in [6.45, 7) is 0. The van der Waals surface area contributed by atoms with Crippen LogP contribution >= 0.6 is 11.8 Å². The molecule has 7 heteroatoms. The number of hydrogen-bond acceptors (Lipinski definition) is 5. The molecule has 0 saturated heterocycles. The van der Waals surface area contributed by atoms with Crippen LogP contribution in [0.1, 0.15) is 11.1 Å². The van der Waals surface area contributed by atoms with Gasteiger partial charge in [-0.1, -0.05) is 36.0 Å². The van der Waals surface area contributed by atoms with Crippen LogP contribution < -0.4 is 5.69 Å². The second-order valence-corrected chi connectivity index (χ2v) is 5.12. The third-order valence-electron chi connectivity index (χ3n) is 2.88. The molecule has 2 aromatic rings. The van der Waals surface area contributed by atoms with Gasteiger partial charge in [0.25, 0.3) is 0 Å². The number of aromatic amines is 1. The summed E-state index contributed by atoms with van der Waals surface area (Å²) in [6.07, 6.45) is 0.243. The second kappa shape index (κ2) is 6.42. The van der Waals surface area contributed by atoms with Crippen LogP contribution in [-0.2, 0) is 28.8 Å². The molecule has 2 rings (SSSR count). The van der Waals surface area contributed by atoms with Gasteiger partial charge in [-0.25, -0.2) is 9.89 Å². The molecule has 0 fully saturated rings. The van der Waals surface area contributed by atoms with Gasteiger partial charge in [0.05, 0.1) is 13.5 Å². The number of methoxy groups -OCH3 is 1. The van der Waals surface area contributed by atoms with E-state index >= 15 is 0 Å². The lowest BCUT2D eigenvalue weighted by molar-refractivity contribution is -0.139. The maximum Gasteiger partial charge on any atom is 0.343 e. The summed E-state index contributed by atoms with van der Waals surface area (Å²) in [7, 11) is 3.04. The minimum Gasteiger partial charge on any atom is -0.469 e. The van der Waals surface area contributed by atoms with Crippen molar-refractivity contribution in [3.63, 3.8) is 0 Å². The lowest BCUT2D eigenvalue weighted by Crippen LogP contribution is -2.13. The molecule has 0 radical (unpaired) electrons. The zero-order valence-electron chi connectivity index (χ0n) is 11.3. The first-order valence-corrected chi connectivity index (χ1v) is 6.98. The molecule has 1 aromatic heterocycles. The number of ether oxygens (including phenoxy) is 1. The molecule has 0 aliphatic rings. The first-order chi connectivity index (χ1) is 9.61. The van der Waals surface area contributed by atoms with E-state index in [1.54, 1.807) is 7.05 Å². The van der Waals surface area contributed by atoms with Gasteiger partial charge in [-0.05, 0) is 11.1 Å². The molecule has 6 nitrogen and oxygen atoms in total. The van der Waals surface area contributed by atoms with Crippen molar-refractivity contribution in [2.75, 3.05) is 7.11 Å². The Balaban J connectivity index is 2.11. The summed E-state index contributed by atoms with van der Waals surface area (Å²) in [6, 6.07) is 7.66. The quantitative estimate of drug-likeness (QED) is 0.660. The predicted octanol–water partition coefficient (Wildman–Crippen LogP) is 1.12. The number of nitrogens with zero attached hydrogens (tertiary/aromatic N) is 2. The minimum absolute atomic E-state index is 0.240. The van der Waals surface area contributed by atoms with Gasteiger partial charge < -0.3 is 4.74 Å². The topological polar surface area (TPSA) is 77.0 Å². The Morgan fingerprint density at radius 2 is 2.10 bits per heavy atom. The molecule has 0 saturated carbocycles. The van der Waals surface area contributed by atoms with Crippen molar-refractivity contribution in [1.29, 1.82) is 0 Å². The van der Waals surface area contributed by atoms with Crippen LogP contribution in [0.5, 0.6) is 0 Å². The number of aromatic nitrogens is 3. The van der Waals surface area contributed by atoms with Gasteiger partial charge in [0, 0.05) is 12.8 Å². The molecule has 20 heavy (non-hydrogen) atoms. The number of benzene rings is 1. The van der Waals surface area contributed by atoms with Crippen molar-refractivity contribution in [2.45, 2.75) is 17.3 Å². The summed E-state index contributed by atoms with van der Waals surface area (Å²) in [4.78, 5) is 22.6. The van der Waals surface area contributed by atoms with Gasteiger partial charge in [-0.2, -0.15) is 0 Å². The molecule has 0 atom stereocenters. The standard InChI is InChI=1S/C13H15N3O3S/c1-16-12(18)14-15-13(16)20-8-10-6-4-3-5-9(10)7-11(17)19-2/h3-6H,7-8H2,1-2H3,(H,14,18). The number of carbonyl (C=O) groups is 1. The first kappa shape index (κ1) is 14.4. The number of nitrogens with one attached hydrogen (secondary N) is 1. The summed E-state index contributed by atoms with van der Waals surface area (Å²) < 4.78 is 6.14. The van der Waals surface area contributed by atoms with Crippen molar-refractivity contribution < 1.29 is 9.53 Å². The molecular formula is C13H15N3O3S. The third-order valence-corrected chi connectivity index (χ3v) is 3.96. The highest BCUT2D eigenvalue weighted by Crippen LogP contribution is 2.22. The van der Waals surface area contributed by atoms with Gasteiger partial charge in [0.2, 0.25) is 0 Å². The normalized spacial score (nSPS) is 10.5. The SMILES string of the molecule is COC(=O)Cc1ccccc1CSc1n[nH]c(=O)n1C. The van der Waals surface area contributed by atoms with E-state index in [2.05, 4.69) is 14.9 Å². The van der Waals surface area contributed by atoms with Gasteiger partial charge in [0.1, 0.15) is 0 Å². The summed E-state index contributed by atoms with van der Waals surface area (Å²) >= 11 is 1.44. The highest BCUT2D eigenvalue weighted by Gasteiger charge is 2.10. The van der Waals surface area contributed by atoms with Crippen LogP contribution in [0.4, 0.5) is 0 Å². The van der Waals surface area contributed by atoms with E-state index in [1.807, 2.05) is 24.3 Å². The Bertz CT molecular complexity index is 663. The molecule has 1 N–H and O–H groups in total. The molecule has 0 unspecified atom stereocenters. The summed E-state index contributed by atoms with van der Waals surface area (Å²) in [5.41, 5.74) is 1.71. The molecule has 0 bridgehead atoms. The maximum absolute atomic E-state index is 11.4. The fraction of sp³-hybridized carbons (Fsp3) is 0.308. The van der Waals surface area contributed by atoms with E-state index in [4.69, 9.17) is 0 Å². The second-order valence-electron chi connectivity index (χ2n) is 4.18. The molecule has 106 valence electrons. The van der Waals surface area contributed by atoms with Crippen LogP contribution in [-0.4, -0.2) is 27.8 Å². The Kier molecular flexibility index (Phi) is 4.62. The van der Waals surface area contributed by atoms with Gasteiger partial charge in [0.15, 0.2) is 5.16 Å². The zero-order valence-corrected chi connectivity index (χ0v) is 12.1. The first-order valence-electron chi connectivity index (χ1n) is 5.99. The third kappa shape index (κ3) is 3.30. The van der Waals surface area contributed by atoms with E-state index in [9.17, 15) is 9.59 Å². The molecule has 0 aliphatic heterocycles. The van der Waals surface area contributed by atoms with E-state index in [0.717, 1.165) is 11.1 Å². The largest absolute Gasteiger partial charge is 0.469 e. The molecule has 1 heterocycles. The molecule has 0 spiro atoms. The zero-order chi connectivity index (χ0) is 14.5. The molecule has 0 amide bonds. The highest BCUT2D eigenvalue weighted by atomic mass is 32.2. The predicted molar refractivity (Wildman–Crippen MR) is 75.6 cm³/mol. The van der Waals surface area contributed by atoms with Crippen molar-refractivity contribution >= 4 is 17.7 Å². The van der Waals surface area contributed by atoms with E-state index in [1.165, 1.54) is 23.4 Å². The van der Waals surface area contributed by atoms with Gasteiger partial charge in [-0.15, -0.1) is 5.10 Å². The lowest BCUT2D eigenvalue weighted by Gasteiger charge is -2.07. The fourth-order valence-corrected chi connectivity index (χ4v) is 2.66. The van der Waals surface area contributed by atoms with Gasteiger partial charge in [-0.3, -0.25) is 9.36 Å². The number of hydrogen-bond donors (Lipinski definition) is 1. The number of rotatable bonds is 5. The Morgan fingerprint density at radius 3 is 2.70 bits per heavy atom. The lowest BCUT2D eigenvalue weighted by atomic mass is 10.1. The number of carbonyl (C=O) groups excluding carboxylic acids is 1. The molecular weight excluding hydrogens is 278 g/mol. The maximum atomic E-state index is 11.4. The van der Waals surface area contributed by atoms with E-state index in [-0.39, 0.29) is 18.1 Å². The van der Waals surface area contributed by atoms with Crippen molar-refractivity contribution in [3.05, 3.63) is 45.9 Å². The summed E-state index contributed by atoms with van der Waals surface area (Å²) in [5.74, 6) is 0.361. The summed E-state index contributed by atoms with van der Waals surface area (Å²) in [5, 5.41) is 6.94. The number of H-pyrrole nitrogens is 1. The van der Waals surface area contributed by atoms with Crippen LogP contribution in [0.3, 0.4) is 0 Å².